The van der Waals surface area contributed by atoms with Crippen LogP contribution in [0, 0.1) is 5.92 Å². The van der Waals surface area contributed by atoms with Crippen molar-refractivity contribution in [2.45, 2.75) is 96.1 Å². The van der Waals surface area contributed by atoms with Gasteiger partial charge in [-0.25, -0.2) is 9.97 Å². The number of rotatable bonds is 6. The molecule has 2 heterocycles. The first-order valence-corrected chi connectivity index (χ1v) is 12.6. The van der Waals surface area contributed by atoms with Crippen molar-refractivity contribution in [1.82, 2.24) is 20.2 Å². The molecule has 6 nitrogen and oxygen atoms in total. The number of anilines is 1. The third-order valence-electron chi connectivity index (χ3n) is 7.15. The zero-order valence-electron chi connectivity index (χ0n) is 21.0. The lowest BCUT2D eigenvalue weighted by Gasteiger charge is -2.43. The molecule has 4 atom stereocenters. The first kappa shape index (κ1) is 25.7. The molecule has 4 rings (SSSR count). The summed E-state index contributed by atoms with van der Waals surface area (Å²) in [6.07, 6.45) is 2.64. The van der Waals surface area contributed by atoms with Gasteiger partial charge in [0.05, 0.1) is 11.1 Å². The van der Waals surface area contributed by atoms with Crippen molar-refractivity contribution in [2.24, 2.45) is 5.92 Å². The average Bonchev–Trinajstić information content (AvgIpc) is 3.12. The number of benzene rings is 1. The van der Waals surface area contributed by atoms with Gasteiger partial charge in [-0.1, -0.05) is 13.3 Å². The quantitative estimate of drug-likeness (QED) is 0.567. The van der Waals surface area contributed by atoms with Crippen molar-refractivity contribution in [3.8, 4) is 0 Å². The lowest BCUT2D eigenvalue weighted by molar-refractivity contribution is -0.137. The van der Waals surface area contributed by atoms with Crippen LogP contribution in [0.25, 0.3) is 10.9 Å². The van der Waals surface area contributed by atoms with Crippen LogP contribution in [0.2, 0.25) is 0 Å². The van der Waals surface area contributed by atoms with E-state index in [0.29, 0.717) is 30.4 Å². The first-order chi connectivity index (χ1) is 16.5. The minimum atomic E-state index is -4.46. The molecule has 0 spiro atoms. The van der Waals surface area contributed by atoms with Crippen LogP contribution in [-0.4, -0.2) is 51.0 Å². The number of hydrogen-bond donors (Lipinski definition) is 2. The van der Waals surface area contributed by atoms with Gasteiger partial charge >= 0.3 is 6.18 Å². The second-order valence-electron chi connectivity index (χ2n) is 11.0. The fourth-order valence-corrected chi connectivity index (χ4v) is 5.76. The van der Waals surface area contributed by atoms with Gasteiger partial charge < -0.3 is 15.5 Å². The summed E-state index contributed by atoms with van der Waals surface area (Å²) in [5.74, 6) is 0.715. The SMILES string of the molecule is CCC[C@@H]1C[C@@H](NC(C)(C)C)CC[C@@H]1N1CC[C@H](Nc2ncnc3ccc(C(F)(F)F)cc23)C1=O. The Bertz CT molecular complexity index is 1050. The Hall–Kier alpha value is -2.42. The summed E-state index contributed by atoms with van der Waals surface area (Å²) in [5, 5.41) is 7.15. The van der Waals surface area contributed by atoms with E-state index in [9.17, 15) is 18.0 Å². The summed E-state index contributed by atoms with van der Waals surface area (Å²) >= 11 is 0. The molecule has 192 valence electrons. The maximum Gasteiger partial charge on any atom is 0.416 e. The fourth-order valence-electron chi connectivity index (χ4n) is 5.76. The van der Waals surface area contributed by atoms with Crippen molar-refractivity contribution in [1.29, 1.82) is 0 Å². The largest absolute Gasteiger partial charge is 0.416 e. The molecule has 9 heteroatoms. The maximum absolute atomic E-state index is 13.5. The number of aromatic nitrogens is 2. The molecule has 1 aromatic heterocycles. The van der Waals surface area contributed by atoms with E-state index in [4.69, 9.17) is 0 Å². The molecule has 0 unspecified atom stereocenters. The molecule has 0 bridgehead atoms. The number of nitrogens with one attached hydrogen (secondary N) is 2. The third kappa shape index (κ3) is 5.88. The molecule has 2 fully saturated rings. The van der Waals surface area contributed by atoms with Crippen LogP contribution >= 0.6 is 0 Å². The number of likely N-dealkylation sites (tertiary alicyclic amines) is 1. The molecule has 35 heavy (non-hydrogen) atoms. The normalized spacial score (nSPS) is 25.9. The van der Waals surface area contributed by atoms with Gasteiger partial charge in [-0.05, 0) is 77.0 Å². The van der Waals surface area contributed by atoms with Crippen LogP contribution in [0.4, 0.5) is 19.0 Å². The van der Waals surface area contributed by atoms with Gasteiger partial charge in [0.1, 0.15) is 18.2 Å². The van der Waals surface area contributed by atoms with Crippen molar-refractivity contribution >= 4 is 22.6 Å². The number of amides is 1. The number of hydrogen-bond acceptors (Lipinski definition) is 5. The van der Waals surface area contributed by atoms with Gasteiger partial charge in [0, 0.05) is 29.6 Å². The Kier molecular flexibility index (Phi) is 7.27. The molecular formula is C26H36F3N5O. The Morgan fingerprint density at radius 2 is 1.89 bits per heavy atom. The van der Waals surface area contributed by atoms with Crippen LogP contribution in [0.15, 0.2) is 24.5 Å². The summed E-state index contributed by atoms with van der Waals surface area (Å²) in [5.41, 5.74) is -0.297. The summed E-state index contributed by atoms with van der Waals surface area (Å²) in [7, 11) is 0. The minimum Gasteiger partial charge on any atom is -0.358 e. The highest BCUT2D eigenvalue weighted by Gasteiger charge is 2.42. The van der Waals surface area contributed by atoms with Gasteiger partial charge in [0.25, 0.3) is 0 Å². The topological polar surface area (TPSA) is 70.2 Å². The maximum atomic E-state index is 13.5. The number of fused-ring (bicyclic) bond motifs is 1. The molecule has 1 saturated carbocycles. The molecule has 1 saturated heterocycles. The Morgan fingerprint density at radius 1 is 1.11 bits per heavy atom. The summed E-state index contributed by atoms with van der Waals surface area (Å²) in [6, 6.07) is 3.55. The van der Waals surface area contributed by atoms with E-state index in [1.807, 2.05) is 4.90 Å². The highest BCUT2D eigenvalue weighted by molar-refractivity contribution is 5.93. The predicted molar refractivity (Wildman–Crippen MR) is 131 cm³/mol. The standard InChI is InChI=1S/C26H36F3N5O/c1-5-6-16-13-18(33-25(2,3)4)8-10-22(16)34-12-11-21(24(34)35)32-23-19-14-17(26(27,28)29)7-9-20(19)30-15-31-23/h7,9,14-16,18,21-22,33H,5-6,8,10-13H2,1-4H3,(H,30,31,32)/t16-,18+,21+,22+/m1/s1. The number of halogens is 3. The molecule has 2 N–H and O–H groups in total. The first-order valence-electron chi connectivity index (χ1n) is 12.6. The van der Waals surface area contributed by atoms with E-state index in [2.05, 4.69) is 48.3 Å². The zero-order valence-corrected chi connectivity index (χ0v) is 21.0. The minimum absolute atomic E-state index is 0.0112. The van der Waals surface area contributed by atoms with E-state index in [-0.39, 0.29) is 28.7 Å². The zero-order chi connectivity index (χ0) is 25.4. The molecule has 1 aliphatic carbocycles. The molecule has 1 amide bonds. The molecule has 2 aliphatic rings. The summed E-state index contributed by atoms with van der Waals surface area (Å²) in [6.45, 7) is 9.38. The summed E-state index contributed by atoms with van der Waals surface area (Å²) in [4.78, 5) is 23.7. The van der Waals surface area contributed by atoms with Crippen molar-refractivity contribution in [3.63, 3.8) is 0 Å². The molecule has 2 aromatic rings. The smallest absolute Gasteiger partial charge is 0.358 e. The number of carbonyl (C=O) groups is 1. The highest BCUT2D eigenvalue weighted by Crippen LogP contribution is 2.36. The average molecular weight is 492 g/mol. The lowest BCUT2D eigenvalue weighted by Crippen LogP contribution is -2.52. The Morgan fingerprint density at radius 3 is 2.57 bits per heavy atom. The Labute approximate surface area is 205 Å². The van der Waals surface area contributed by atoms with Gasteiger partial charge in [-0.15, -0.1) is 0 Å². The molecule has 1 aromatic carbocycles. The molecular weight excluding hydrogens is 455 g/mol. The van der Waals surface area contributed by atoms with Crippen LogP contribution < -0.4 is 10.6 Å². The highest BCUT2D eigenvalue weighted by atomic mass is 19.4. The van der Waals surface area contributed by atoms with Crippen LogP contribution in [0.5, 0.6) is 0 Å². The monoisotopic (exact) mass is 491 g/mol. The van der Waals surface area contributed by atoms with Gasteiger partial charge in [0.15, 0.2) is 0 Å². The van der Waals surface area contributed by atoms with Gasteiger partial charge in [-0.2, -0.15) is 13.2 Å². The van der Waals surface area contributed by atoms with E-state index < -0.39 is 17.8 Å². The lowest BCUT2D eigenvalue weighted by atomic mass is 9.78. The Balaban J connectivity index is 1.49. The second-order valence-corrected chi connectivity index (χ2v) is 11.0. The van der Waals surface area contributed by atoms with Gasteiger partial charge in [0.2, 0.25) is 5.91 Å². The second kappa shape index (κ2) is 9.91. The molecule has 0 radical (unpaired) electrons. The van der Waals surface area contributed by atoms with Crippen LogP contribution in [0.3, 0.4) is 0 Å². The van der Waals surface area contributed by atoms with E-state index in [1.54, 1.807) is 0 Å². The summed E-state index contributed by atoms with van der Waals surface area (Å²) < 4.78 is 39.8. The van der Waals surface area contributed by atoms with E-state index in [1.165, 1.54) is 12.4 Å². The molecule has 1 aliphatic heterocycles. The van der Waals surface area contributed by atoms with E-state index >= 15 is 0 Å². The van der Waals surface area contributed by atoms with Crippen molar-refractivity contribution in [3.05, 3.63) is 30.1 Å². The fraction of sp³-hybridized carbons (Fsp3) is 0.654. The van der Waals surface area contributed by atoms with Crippen LogP contribution in [-0.2, 0) is 11.0 Å². The van der Waals surface area contributed by atoms with Gasteiger partial charge in [-0.3, -0.25) is 4.79 Å². The number of nitrogens with zero attached hydrogens (tertiary/aromatic N) is 3. The number of alkyl halides is 3. The van der Waals surface area contributed by atoms with E-state index in [0.717, 1.165) is 44.2 Å². The number of carbonyl (C=O) groups excluding carboxylic acids is 1. The van der Waals surface area contributed by atoms with Crippen molar-refractivity contribution in [2.75, 3.05) is 11.9 Å². The van der Waals surface area contributed by atoms with Crippen LogP contribution in [0.1, 0.15) is 71.8 Å². The van der Waals surface area contributed by atoms with Crippen molar-refractivity contribution < 1.29 is 18.0 Å². The predicted octanol–water partition coefficient (Wildman–Crippen LogP) is 5.39. The third-order valence-corrected chi connectivity index (χ3v) is 7.15.